The fourth-order valence-corrected chi connectivity index (χ4v) is 3.41. The van der Waals surface area contributed by atoms with Crippen LogP contribution >= 0.6 is 0 Å². The van der Waals surface area contributed by atoms with Crippen molar-refractivity contribution in [3.63, 3.8) is 0 Å². The molecule has 2 rings (SSSR count). The van der Waals surface area contributed by atoms with Crippen LogP contribution in [0, 0.1) is 0 Å². The second kappa shape index (κ2) is 6.38. The summed E-state index contributed by atoms with van der Waals surface area (Å²) >= 11 is 0. The van der Waals surface area contributed by atoms with Gasteiger partial charge in [0.2, 0.25) is 16.0 Å². The molecule has 0 bridgehead atoms. The first-order chi connectivity index (χ1) is 9.95. The van der Waals surface area contributed by atoms with Gasteiger partial charge in [-0.25, -0.2) is 23.2 Å². The van der Waals surface area contributed by atoms with Crippen molar-refractivity contribution >= 4 is 22.0 Å². The van der Waals surface area contributed by atoms with Crippen molar-refractivity contribution in [3.8, 4) is 0 Å². The second-order valence-corrected chi connectivity index (χ2v) is 7.12. The Kier molecular flexibility index (Phi) is 4.76. The largest absolute Gasteiger partial charge is 0.350 e. The monoisotopic (exact) mass is 312 g/mol. The van der Waals surface area contributed by atoms with Crippen LogP contribution in [-0.4, -0.2) is 30.2 Å². The van der Waals surface area contributed by atoms with E-state index in [1.807, 2.05) is 6.92 Å². The molecule has 1 aromatic rings. The molecule has 0 unspecified atom stereocenters. The van der Waals surface area contributed by atoms with Gasteiger partial charge in [0.1, 0.15) is 0 Å². The van der Waals surface area contributed by atoms with Gasteiger partial charge in [0, 0.05) is 17.8 Å². The summed E-state index contributed by atoms with van der Waals surface area (Å²) in [7, 11) is -3.84. The van der Waals surface area contributed by atoms with Gasteiger partial charge in [-0.15, -0.1) is 0 Å². The molecule has 1 fully saturated rings. The molecule has 2 N–H and O–H groups in total. The third-order valence-corrected chi connectivity index (χ3v) is 5.03. The van der Waals surface area contributed by atoms with E-state index in [1.165, 1.54) is 6.20 Å². The topological polar surface area (TPSA) is 106 Å². The molecular weight excluding hydrogens is 292 g/mol. The summed E-state index contributed by atoms with van der Waals surface area (Å²) in [4.78, 5) is 19.7. The molecule has 0 atom stereocenters. The Morgan fingerprint density at radius 3 is 2.71 bits per heavy atom. The van der Waals surface area contributed by atoms with E-state index in [0.717, 1.165) is 31.4 Å². The lowest BCUT2D eigenvalue weighted by Crippen LogP contribution is -2.43. The maximum atomic E-state index is 12.3. The Labute approximate surface area is 124 Å². The minimum atomic E-state index is -3.84. The highest BCUT2D eigenvalue weighted by atomic mass is 32.2. The predicted octanol–water partition coefficient (Wildman–Crippen LogP) is 1.76. The van der Waals surface area contributed by atoms with Crippen molar-refractivity contribution in [1.29, 1.82) is 0 Å². The fraction of sp³-hybridized carbons (Fsp3) is 0.615. The number of amides is 2. The number of hydrogen-bond acceptors (Lipinski definition) is 5. The highest BCUT2D eigenvalue weighted by molar-refractivity contribution is 7.93. The summed E-state index contributed by atoms with van der Waals surface area (Å²) < 4.78 is 25.1. The number of nitrogens with two attached hydrogens (primary N) is 1. The minimum absolute atomic E-state index is 0.138. The van der Waals surface area contributed by atoms with E-state index in [0.29, 0.717) is 16.6 Å². The van der Waals surface area contributed by atoms with E-state index in [1.54, 1.807) is 6.07 Å². The first-order valence-electron chi connectivity index (χ1n) is 7.11. The van der Waals surface area contributed by atoms with E-state index >= 15 is 0 Å². The molecule has 1 saturated carbocycles. The molecule has 7 nitrogen and oxygen atoms in total. The standard InChI is InChI=1S/C13H20N4O3S/c1-2-3-4-9-21(19,20)17(12(14)18)13-15-8-7-11(16-13)10-5-6-10/h7-8,10H,2-6,9H2,1H3,(H2,14,18). The van der Waals surface area contributed by atoms with E-state index in [2.05, 4.69) is 9.97 Å². The van der Waals surface area contributed by atoms with Crippen LogP contribution in [0.1, 0.15) is 50.6 Å². The van der Waals surface area contributed by atoms with Crippen LogP contribution < -0.4 is 10.0 Å². The molecule has 1 aliphatic carbocycles. The zero-order chi connectivity index (χ0) is 15.5. The number of hydrogen-bond donors (Lipinski definition) is 1. The van der Waals surface area contributed by atoms with Gasteiger partial charge in [0.05, 0.1) is 5.75 Å². The zero-order valence-electron chi connectivity index (χ0n) is 12.0. The number of rotatable bonds is 7. The summed E-state index contributed by atoms with van der Waals surface area (Å²) in [5.41, 5.74) is 5.99. The van der Waals surface area contributed by atoms with Crippen LogP contribution in [0.25, 0.3) is 0 Å². The fourth-order valence-electron chi connectivity index (χ4n) is 2.05. The molecule has 1 aliphatic rings. The van der Waals surface area contributed by atoms with Crippen molar-refractivity contribution in [2.75, 3.05) is 10.1 Å². The highest BCUT2D eigenvalue weighted by Crippen LogP contribution is 2.39. The van der Waals surface area contributed by atoms with Crippen molar-refractivity contribution in [3.05, 3.63) is 18.0 Å². The molecule has 0 aliphatic heterocycles. The lowest BCUT2D eigenvalue weighted by molar-refractivity contribution is 0.256. The van der Waals surface area contributed by atoms with E-state index in [4.69, 9.17) is 5.73 Å². The van der Waals surface area contributed by atoms with Gasteiger partial charge in [-0.2, -0.15) is 4.31 Å². The molecule has 1 heterocycles. The number of primary amides is 1. The van der Waals surface area contributed by atoms with Gasteiger partial charge in [0.15, 0.2) is 0 Å². The average Bonchev–Trinajstić information content (AvgIpc) is 3.22. The number of carbonyl (C=O) groups excluding carboxylic acids is 1. The van der Waals surface area contributed by atoms with Crippen molar-refractivity contribution in [2.24, 2.45) is 5.73 Å². The number of carbonyl (C=O) groups is 1. The van der Waals surface area contributed by atoms with Crippen LogP contribution in [0.15, 0.2) is 12.3 Å². The normalized spacial score (nSPS) is 14.9. The van der Waals surface area contributed by atoms with Gasteiger partial charge >= 0.3 is 6.03 Å². The molecule has 0 spiro atoms. The van der Waals surface area contributed by atoms with Gasteiger partial charge in [-0.3, -0.25) is 0 Å². The smallest absolute Gasteiger partial charge is 0.335 e. The van der Waals surface area contributed by atoms with Gasteiger partial charge in [-0.05, 0) is 25.3 Å². The summed E-state index contributed by atoms with van der Waals surface area (Å²) in [6, 6.07) is 0.670. The number of unbranched alkanes of at least 4 members (excludes halogenated alkanes) is 2. The summed E-state index contributed by atoms with van der Waals surface area (Å²) in [5, 5.41) is 0. The number of aromatic nitrogens is 2. The van der Waals surface area contributed by atoms with Crippen molar-refractivity contribution in [2.45, 2.75) is 44.9 Å². The highest BCUT2D eigenvalue weighted by Gasteiger charge is 2.31. The molecular formula is C13H20N4O3S. The van der Waals surface area contributed by atoms with E-state index < -0.39 is 16.1 Å². The molecule has 8 heteroatoms. The number of anilines is 1. The predicted molar refractivity (Wildman–Crippen MR) is 79.4 cm³/mol. The molecule has 0 aromatic carbocycles. The average molecular weight is 312 g/mol. The number of nitrogens with zero attached hydrogens (tertiary/aromatic N) is 3. The third kappa shape index (κ3) is 3.90. The Hall–Kier alpha value is -1.70. The second-order valence-electron chi connectivity index (χ2n) is 5.18. The van der Waals surface area contributed by atoms with Crippen LogP contribution in [0.3, 0.4) is 0 Å². The number of urea groups is 1. The zero-order valence-corrected chi connectivity index (χ0v) is 12.8. The molecule has 0 radical (unpaired) electrons. The lowest BCUT2D eigenvalue weighted by atomic mass is 10.3. The number of sulfonamides is 1. The molecule has 2 amide bonds. The van der Waals surface area contributed by atoms with Crippen molar-refractivity contribution in [1.82, 2.24) is 9.97 Å². The maximum absolute atomic E-state index is 12.3. The lowest BCUT2D eigenvalue weighted by Gasteiger charge is -2.18. The quantitative estimate of drug-likeness (QED) is 0.772. The third-order valence-electron chi connectivity index (χ3n) is 3.33. The molecule has 116 valence electrons. The summed E-state index contributed by atoms with van der Waals surface area (Å²) in [6.45, 7) is 1.97. The van der Waals surface area contributed by atoms with Gasteiger partial charge < -0.3 is 5.73 Å². The summed E-state index contributed by atoms with van der Waals surface area (Å²) in [5.74, 6) is 0.0496. The van der Waals surface area contributed by atoms with Crippen molar-refractivity contribution < 1.29 is 13.2 Å². The Morgan fingerprint density at radius 1 is 1.43 bits per heavy atom. The SMILES string of the molecule is CCCCCS(=O)(=O)N(C(N)=O)c1nccc(C2CC2)n1. The van der Waals surface area contributed by atoms with E-state index in [9.17, 15) is 13.2 Å². The van der Waals surface area contributed by atoms with Crippen LogP contribution in [0.4, 0.5) is 10.7 Å². The summed E-state index contributed by atoms with van der Waals surface area (Å²) in [6.07, 6.45) is 5.65. The maximum Gasteiger partial charge on any atom is 0.335 e. The van der Waals surface area contributed by atoms with Crippen LogP contribution in [-0.2, 0) is 10.0 Å². The Morgan fingerprint density at radius 2 is 2.14 bits per heavy atom. The first-order valence-corrected chi connectivity index (χ1v) is 8.72. The minimum Gasteiger partial charge on any atom is -0.350 e. The van der Waals surface area contributed by atoms with Crippen LogP contribution in [0.2, 0.25) is 0 Å². The van der Waals surface area contributed by atoms with E-state index in [-0.39, 0.29) is 11.7 Å². The molecule has 1 aromatic heterocycles. The Bertz CT molecular complexity index is 614. The van der Waals surface area contributed by atoms with Gasteiger partial charge in [-0.1, -0.05) is 19.8 Å². The molecule has 21 heavy (non-hydrogen) atoms. The molecule has 0 saturated heterocycles. The van der Waals surface area contributed by atoms with Gasteiger partial charge in [0.25, 0.3) is 0 Å². The van der Waals surface area contributed by atoms with Crippen LogP contribution in [0.5, 0.6) is 0 Å². The first kappa shape index (κ1) is 15.7. The Balaban J connectivity index is 2.25.